The van der Waals surface area contributed by atoms with Gasteiger partial charge in [-0.15, -0.1) is 11.6 Å². The van der Waals surface area contributed by atoms with Gasteiger partial charge >= 0.3 is 0 Å². The van der Waals surface area contributed by atoms with Crippen LogP contribution in [0.3, 0.4) is 0 Å². The topological polar surface area (TPSA) is 74.8 Å². The first-order valence-corrected chi connectivity index (χ1v) is 7.19. The Morgan fingerprint density at radius 3 is 2.69 bits per heavy atom. The number of halogens is 1. The van der Waals surface area contributed by atoms with Gasteiger partial charge in [-0.3, -0.25) is 5.10 Å². The standard InChI is InChI=1S/C9H14ClN3O2S/c10-7-9(4-1-2-5-9)13-16(14,15)8-3-6-11-12-8/h3,6,13H,1-2,4-5,7H2,(H,11,12). The zero-order valence-corrected chi connectivity index (χ0v) is 10.3. The average Bonchev–Trinajstić information content (AvgIpc) is 2.87. The number of hydrogen-bond acceptors (Lipinski definition) is 3. The molecule has 1 saturated carbocycles. The van der Waals surface area contributed by atoms with Crippen molar-refractivity contribution >= 4 is 21.6 Å². The van der Waals surface area contributed by atoms with Crippen molar-refractivity contribution in [2.24, 2.45) is 0 Å². The second-order valence-corrected chi connectivity index (χ2v) is 6.07. The fourth-order valence-electron chi connectivity index (χ4n) is 2.05. The van der Waals surface area contributed by atoms with Crippen molar-refractivity contribution in [1.29, 1.82) is 0 Å². The highest BCUT2D eigenvalue weighted by atomic mass is 35.5. The van der Waals surface area contributed by atoms with Crippen LogP contribution >= 0.6 is 11.6 Å². The van der Waals surface area contributed by atoms with E-state index in [0.717, 1.165) is 25.7 Å². The van der Waals surface area contributed by atoms with Gasteiger partial charge in [-0.25, -0.2) is 13.1 Å². The largest absolute Gasteiger partial charge is 0.266 e. The van der Waals surface area contributed by atoms with Gasteiger partial charge in [0.15, 0.2) is 5.03 Å². The summed E-state index contributed by atoms with van der Waals surface area (Å²) >= 11 is 5.88. The highest BCUT2D eigenvalue weighted by Crippen LogP contribution is 2.32. The number of alkyl halides is 1. The van der Waals surface area contributed by atoms with Crippen LogP contribution in [-0.4, -0.2) is 30.0 Å². The maximum Gasteiger partial charge on any atom is 0.258 e. The van der Waals surface area contributed by atoms with Gasteiger partial charge in [-0.1, -0.05) is 12.8 Å². The number of hydrogen-bond donors (Lipinski definition) is 2. The molecule has 7 heteroatoms. The Hall–Kier alpha value is -0.590. The van der Waals surface area contributed by atoms with Crippen molar-refractivity contribution in [3.05, 3.63) is 12.3 Å². The summed E-state index contributed by atoms with van der Waals surface area (Å²) in [7, 11) is -3.52. The predicted molar refractivity (Wildman–Crippen MR) is 60.8 cm³/mol. The van der Waals surface area contributed by atoms with Crippen molar-refractivity contribution < 1.29 is 8.42 Å². The normalized spacial score (nSPS) is 20.1. The Labute approximate surface area is 99.6 Å². The van der Waals surface area contributed by atoms with E-state index >= 15 is 0 Å². The maximum atomic E-state index is 12.0. The average molecular weight is 264 g/mol. The molecular weight excluding hydrogens is 250 g/mol. The molecule has 2 N–H and O–H groups in total. The van der Waals surface area contributed by atoms with Crippen LogP contribution in [0, 0.1) is 0 Å². The zero-order valence-electron chi connectivity index (χ0n) is 8.74. The molecule has 1 aromatic heterocycles. The summed E-state index contributed by atoms with van der Waals surface area (Å²) in [5.74, 6) is 0.306. The molecule has 1 fully saturated rings. The van der Waals surface area contributed by atoms with Crippen LogP contribution in [0.2, 0.25) is 0 Å². The first-order valence-electron chi connectivity index (χ1n) is 5.17. The van der Waals surface area contributed by atoms with Crippen molar-refractivity contribution in [2.75, 3.05) is 5.88 Å². The van der Waals surface area contributed by atoms with Crippen molar-refractivity contribution in [3.8, 4) is 0 Å². The van der Waals surface area contributed by atoms with Crippen LogP contribution in [0.1, 0.15) is 25.7 Å². The Kier molecular flexibility index (Phi) is 3.23. The minimum Gasteiger partial charge on any atom is -0.266 e. The SMILES string of the molecule is O=S(=O)(NC1(CCl)CCCC1)c1ccn[nH]1. The smallest absolute Gasteiger partial charge is 0.258 e. The Morgan fingerprint density at radius 1 is 1.50 bits per heavy atom. The molecule has 0 saturated heterocycles. The fourth-order valence-corrected chi connectivity index (χ4v) is 3.83. The molecule has 90 valence electrons. The van der Waals surface area contributed by atoms with E-state index in [2.05, 4.69) is 14.9 Å². The Morgan fingerprint density at radius 2 is 2.19 bits per heavy atom. The minimum atomic E-state index is -3.52. The van der Waals surface area contributed by atoms with Crippen molar-refractivity contribution in [2.45, 2.75) is 36.2 Å². The van der Waals surface area contributed by atoms with Crippen LogP contribution in [0.25, 0.3) is 0 Å². The molecule has 0 radical (unpaired) electrons. The summed E-state index contributed by atoms with van der Waals surface area (Å²) in [4.78, 5) is 0. The molecule has 0 bridgehead atoms. The lowest BCUT2D eigenvalue weighted by molar-refractivity contribution is 0.431. The quantitative estimate of drug-likeness (QED) is 0.803. The van der Waals surface area contributed by atoms with Gasteiger partial charge in [0.05, 0.1) is 6.20 Å². The van der Waals surface area contributed by atoms with E-state index in [9.17, 15) is 8.42 Å². The summed E-state index contributed by atoms with van der Waals surface area (Å²) in [6.07, 6.45) is 5.03. The predicted octanol–water partition coefficient (Wildman–Crippen LogP) is 1.24. The summed E-state index contributed by atoms with van der Waals surface area (Å²) in [5.41, 5.74) is -0.481. The highest BCUT2D eigenvalue weighted by molar-refractivity contribution is 7.89. The van der Waals surface area contributed by atoms with Gasteiger partial charge in [-0.2, -0.15) is 5.10 Å². The molecule has 2 rings (SSSR count). The summed E-state index contributed by atoms with van der Waals surface area (Å²) in [6.45, 7) is 0. The van der Waals surface area contributed by atoms with Crippen LogP contribution in [0.5, 0.6) is 0 Å². The Balaban J connectivity index is 2.20. The van der Waals surface area contributed by atoms with E-state index in [1.165, 1.54) is 12.3 Å². The molecule has 0 spiro atoms. The lowest BCUT2D eigenvalue weighted by Gasteiger charge is -2.26. The van der Waals surface area contributed by atoms with Gasteiger partial charge in [0.1, 0.15) is 0 Å². The second-order valence-electron chi connectivity index (χ2n) is 4.15. The molecule has 1 aromatic rings. The number of H-pyrrole nitrogens is 1. The molecule has 0 atom stereocenters. The van der Waals surface area contributed by atoms with E-state index in [4.69, 9.17) is 11.6 Å². The third kappa shape index (κ3) is 2.23. The maximum absolute atomic E-state index is 12.0. The van der Waals surface area contributed by atoms with Crippen LogP contribution < -0.4 is 4.72 Å². The molecule has 1 aliphatic carbocycles. The third-order valence-electron chi connectivity index (χ3n) is 2.93. The first kappa shape index (κ1) is 11.9. The lowest BCUT2D eigenvalue weighted by Crippen LogP contribution is -2.47. The number of nitrogens with zero attached hydrogens (tertiary/aromatic N) is 1. The minimum absolute atomic E-state index is 0.0869. The molecule has 1 aliphatic rings. The van der Waals surface area contributed by atoms with E-state index < -0.39 is 15.6 Å². The van der Waals surface area contributed by atoms with Gasteiger partial charge in [0.25, 0.3) is 10.0 Å². The monoisotopic (exact) mass is 263 g/mol. The van der Waals surface area contributed by atoms with E-state index in [0.29, 0.717) is 5.88 Å². The van der Waals surface area contributed by atoms with Gasteiger partial charge < -0.3 is 0 Å². The number of sulfonamides is 1. The lowest BCUT2D eigenvalue weighted by atomic mass is 10.0. The molecule has 16 heavy (non-hydrogen) atoms. The van der Waals surface area contributed by atoms with E-state index in [1.807, 2.05) is 0 Å². The van der Waals surface area contributed by atoms with Crippen LogP contribution in [0.15, 0.2) is 17.3 Å². The molecule has 0 aliphatic heterocycles. The number of nitrogens with one attached hydrogen (secondary N) is 2. The third-order valence-corrected chi connectivity index (χ3v) is 4.95. The van der Waals surface area contributed by atoms with Crippen molar-refractivity contribution in [1.82, 2.24) is 14.9 Å². The van der Waals surface area contributed by atoms with Gasteiger partial charge in [0.2, 0.25) is 0 Å². The molecule has 1 heterocycles. The second kappa shape index (κ2) is 4.35. The molecule has 0 aromatic carbocycles. The van der Waals surface area contributed by atoms with Crippen molar-refractivity contribution in [3.63, 3.8) is 0 Å². The summed E-state index contributed by atoms with van der Waals surface area (Å²) < 4.78 is 26.6. The van der Waals surface area contributed by atoms with Gasteiger partial charge in [0, 0.05) is 11.4 Å². The van der Waals surface area contributed by atoms with Gasteiger partial charge in [-0.05, 0) is 18.9 Å². The molecule has 5 nitrogen and oxygen atoms in total. The fraction of sp³-hybridized carbons (Fsp3) is 0.667. The van der Waals surface area contributed by atoms with Crippen LogP contribution in [-0.2, 0) is 10.0 Å². The van der Waals surface area contributed by atoms with E-state index in [1.54, 1.807) is 0 Å². The highest BCUT2D eigenvalue weighted by Gasteiger charge is 2.37. The molecule has 0 amide bonds. The number of rotatable bonds is 4. The molecule has 0 unspecified atom stereocenters. The number of aromatic amines is 1. The number of aromatic nitrogens is 2. The Bertz CT molecular complexity index is 437. The molecular formula is C9H14ClN3O2S. The first-order chi connectivity index (χ1) is 7.58. The summed E-state index contributed by atoms with van der Waals surface area (Å²) in [6, 6.07) is 1.43. The summed E-state index contributed by atoms with van der Waals surface area (Å²) in [5, 5.41) is 6.17. The van der Waals surface area contributed by atoms with Crippen LogP contribution in [0.4, 0.5) is 0 Å². The zero-order chi connectivity index (χ0) is 11.6. The van der Waals surface area contributed by atoms with E-state index in [-0.39, 0.29) is 5.03 Å².